The van der Waals surface area contributed by atoms with Gasteiger partial charge in [-0.25, -0.2) is 4.98 Å². The molecule has 0 aliphatic rings. The Bertz CT molecular complexity index is 1770. The van der Waals surface area contributed by atoms with Gasteiger partial charge >= 0.3 is 0 Å². The predicted molar refractivity (Wildman–Crippen MR) is 181 cm³/mol. The second kappa shape index (κ2) is 13.3. The van der Waals surface area contributed by atoms with Gasteiger partial charge in [-0.15, -0.1) is 0 Å². The summed E-state index contributed by atoms with van der Waals surface area (Å²) < 4.78 is 2.20. The first-order valence-electron chi connectivity index (χ1n) is 15.7. The molecule has 0 radical (unpaired) electrons. The lowest BCUT2D eigenvalue weighted by atomic mass is 9.76. The molecule has 1 heterocycles. The molecule has 0 aliphatic heterocycles. The first-order valence-corrected chi connectivity index (χ1v) is 15.7. The lowest BCUT2D eigenvalue weighted by molar-refractivity contribution is 0.0952. The van der Waals surface area contributed by atoms with Crippen LogP contribution < -0.4 is 5.32 Å². The molecule has 0 aliphatic carbocycles. The first kappa shape index (κ1) is 30.0. The number of nitrogens with one attached hydrogen (secondary N) is 1. The van der Waals surface area contributed by atoms with Gasteiger partial charge in [0, 0.05) is 30.8 Å². The second-order valence-corrected chi connectivity index (χ2v) is 11.7. The van der Waals surface area contributed by atoms with Crippen LogP contribution >= 0.6 is 0 Å². The molecule has 0 saturated carbocycles. The van der Waals surface area contributed by atoms with Gasteiger partial charge in [0.25, 0.3) is 5.91 Å². The fourth-order valence-corrected chi connectivity index (χ4v) is 6.66. The van der Waals surface area contributed by atoms with Crippen molar-refractivity contribution >= 4 is 16.7 Å². The van der Waals surface area contributed by atoms with Gasteiger partial charge in [-0.3, -0.25) is 4.79 Å². The van der Waals surface area contributed by atoms with Crippen molar-refractivity contribution in [3.8, 4) is 0 Å². The summed E-state index contributed by atoms with van der Waals surface area (Å²) in [6, 6.07) is 43.6. The normalized spacial score (nSPS) is 13.0. The Morgan fingerprint density at radius 1 is 0.800 bits per heavy atom. The number of amides is 1. The van der Waals surface area contributed by atoms with Crippen LogP contribution in [0.25, 0.3) is 10.8 Å². The number of aliphatic hydroxyl groups excluding tert-OH is 1. The van der Waals surface area contributed by atoms with Crippen LogP contribution in [0, 0.1) is 5.92 Å². The summed E-state index contributed by atoms with van der Waals surface area (Å²) in [6.45, 7) is 4.60. The maximum Gasteiger partial charge on any atom is 0.251 e. The quantitative estimate of drug-likeness (QED) is 0.151. The fourth-order valence-electron chi connectivity index (χ4n) is 6.66. The summed E-state index contributed by atoms with van der Waals surface area (Å²) in [5, 5.41) is 15.8. The van der Waals surface area contributed by atoms with Crippen molar-refractivity contribution in [1.82, 2.24) is 14.9 Å². The standard InChI is InChI=1S/C40H39N3O2/c1-3-25-41-39(45)35-24-23-30-15-13-14-22-34(30)38(35)37(29(2)27-44)36-26-43(28-42-36)40(31-16-7-4-8-17-31,32-18-9-5-10-19-32)33-20-11-6-12-21-33/h4-24,26,28-29,37,44H,3,25,27H2,1-2H3,(H,41,45). The highest BCUT2D eigenvalue weighted by Gasteiger charge is 2.39. The predicted octanol–water partition coefficient (Wildman–Crippen LogP) is 7.78. The van der Waals surface area contributed by atoms with E-state index in [1.807, 2.05) is 62.6 Å². The highest BCUT2D eigenvalue weighted by molar-refractivity contribution is 6.02. The van der Waals surface area contributed by atoms with Crippen molar-refractivity contribution in [3.63, 3.8) is 0 Å². The van der Waals surface area contributed by atoms with Crippen LogP contribution in [0.1, 0.15) is 64.5 Å². The van der Waals surface area contributed by atoms with Gasteiger partial charge in [-0.05, 0) is 51.4 Å². The molecule has 0 bridgehead atoms. The number of carbonyl (C=O) groups is 1. The van der Waals surface area contributed by atoms with Gasteiger partial charge in [0.1, 0.15) is 5.54 Å². The summed E-state index contributed by atoms with van der Waals surface area (Å²) in [4.78, 5) is 18.7. The minimum atomic E-state index is -0.720. The van der Waals surface area contributed by atoms with E-state index in [0.717, 1.165) is 45.1 Å². The third kappa shape index (κ3) is 5.56. The maximum atomic E-state index is 13.6. The molecule has 2 N–H and O–H groups in total. The van der Waals surface area contributed by atoms with Crippen LogP contribution in [0.5, 0.6) is 0 Å². The highest BCUT2D eigenvalue weighted by atomic mass is 16.3. The number of rotatable bonds is 11. The van der Waals surface area contributed by atoms with E-state index in [0.29, 0.717) is 12.1 Å². The van der Waals surface area contributed by atoms with Crippen molar-refractivity contribution in [3.05, 3.63) is 173 Å². The molecule has 5 nitrogen and oxygen atoms in total. The molecule has 0 spiro atoms. The molecule has 0 saturated heterocycles. The number of carbonyl (C=O) groups excluding carboxylic acids is 1. The fraction of sp³-hybridized carbons (Fsp3) is 0.200. The highest BCUT2D eigenvalue weighted by Crippen LogP contribution is 2.43. The summed E-state index contributed by atoms with van der Waals surface area (Å²) in [5.41, 5.74) is 4.88. The lowest BCUT2D eigenvalue weighted by Crippen LogP contribution is -2.37. The van der Waals surface area contributed by atoms with E-state index in [-0.39, 0.29) is 24.3 Å². The number of nitrogens with zero attached hydrogens (tertiary/aromatic N) is 2. The SMILES string of the molecule is CCCNC(=O)c1ccc2ccccc2c1C(c1cn(C(c2ccccc2)(c2ccccc2)c2ccccc2)cn1)C(C)CO. The van der Waals surface area contributed by atoms with Gasteiger partial charge in [0.05, 0.1) is 12.0 Å². The summed E-state index contributed by atoms with van der Waals surface area (Å²) in [7, 11) is 0. The Hall–Kier alpha value is -5.00. The number of hydrogen-bond acceptors (Lipinski definition) is 3. The minimum Gasteiger partial charge on any atom is -0.396 e. The van der Waals surface area contributed by atoms with Gasteiger partial charge in [-0.2, -0.15) is 0 Å². The van der Waals surface area contributed by atoms with E-state index in [4.69, 9.17) is 4.98 Å². The Morgan fingerprint density at radius 2 is 1.36 bits per heavy atom. The van der Waals surface area contributed by atoms with E-state index in [9.17, 15) is 9.90 Å². The Morgan fingerprint density at radius 3 is 1.91 bits per heavy atom. The average molecular weight is 594 g/mol. The molecule has 5 heteroatoms. The smallest absolute Gasteiger partial charge is 0.251 e. The Balaban J connectivity index is 1.62. The average Bonchev–Trinajstić information content (AvgIpc) is 3.59. The number of benzene rings is 5. The zero-order valence-corrected chi connectivity index (χ0v) is 25.8. The molecule has 2 unspecified atom stereocenters. The van der Waals surface area contributed by atoms with Gasteiger partial charge in [0.15, 0.2) is 0 Å². The third-order valence-corrected chi connectivity index (χ3v) is 8.80. The molecular formula is C40H39N3O2. The lowest BCUT2D eigenvalue weighted by Gasteiger charge is -2.37. The Kier molecular flexibility index (Phi) is 8.90. The molecular weight excluding hydrogens is 554 g/mol. The zero-order chi connectivity index (χ0) is 31.2. The zero-order valence-electron chi connectivity index (χ0n) is 25.8. The van der Waals surface area contributed by atoms with Gasteiger partial charge in [-0.1, -0.05) is 135 Å². The molecule has 1 aromatic heterocycles. The van der Waals surface area contributed by atoms with Crippen LogP contribution in [0.15, 0.2) is 140 Å². The van der Waals surface area contributed by atoms with Crippen LogP contribution in [0.4, 0.5) is 0 Å². The molecule has 1 amide bonds. The van der Waals surface area contributed by atoms with Crippen LogP contribution in [-0.4, -0.2) is 33.7 Å². The minimum absolute atomic E-state index is 0.0576. The van der Waals surface area contributed by atoms with Crippen LogP contribution in [0.3, 0.4) is 0 Å². The van der Waals surface area contributed by atoms with Crippen molar-refractivity contribution in [2.75, 3.05) is 13.2 Å². The molecule has 6 rings (SSSR count). The molecule has 0 fully saturated rings. The largest absolute Gasteiger partial charge is 0.396 e. The second-order valence-electron chi connectivity index (χ2n) is 11.7. The molecule has 2 atom stereocenters. The first-order chi connectivity index (χ1) is 22.1. The van der Waals surface area contributed by atoms with E-state index >= 15 is 0 Å². The molecule has 226 valence electrons. The van der Waals surface area contributed by atoms with Crippen LogP contribution in [0.2, 0.25) is 0 Å². The maximum absolute atomic E-state index is 13.6. The van der Waals surface area contributed by atoms with E-state index in [2.05, 4.69) is 101 Å². The summed E-state index contributed by atoms with van der Waals surface area (Å²) >= 11 is 0. The number of aliphatic hydroxyl groups is 1. The van der Waals surface area contributed by atoms with Crippen molar-refractivity contribution in [2.45, 2.75) is 31.7 Å². The van der Waals surface area contributed by atoms with E-state index in [1.165, 1.54) is 0 Å². The number of fused-ring (bicyclic) bond motifs is 1. The van der Waals surface area contributed by atoms with Crippen molar-refractivity contribution in [2.24, 2.45) is 5.92 Å². The molecule has 6 aromatic rings. The summed E-state index contributed by atoms with van der Waals surface area (Å²) in [6.07, 6.45) is 4.86. The van der Waals surface area contributed by atoms with Crippen LogP contribution in [-0.2, 0) is 5.54 Å². The van der Waals surface area contributed by atoms with Gasteiger partial charge < -0.3 is 15.0 Å². The van der Waals surface area contributed by atoms with Gasteiger partial charge in [0.2, 0.25) is 0 Å². The van der Waals surface area contributed by atoms with E-state index in [1.54, 1.807) is 0 Å². The molecule has 5 aromatic carbocycles. The third-order valence-electron chi connectivity index (χ3n) is 8.80. The Labute approximate surface area is 265 Å². The van der Waals surface area contributed by atoms with Crippen molar-refractivity contribution < 1.29 is 9.90 Å². The van der Waals surface area contributed by atoms with E-state index < -0.39 is 5.54 Å². The molecule has 45 heavy (non-hydrogen) atoms. The summed E-state index contributed by atoms with van der Waals surface area (Å²) in [5.74, 6) is -0.666. The number of imidazole rings is 1. The van der Waals surface area contributed by atoms with Crippen molar-refractivity contribution in [1.29, 1.82) is 0 Å². The monoisotopic (exact) mass is 593 g/mol. The topological polar surface area (TPSA) is 67.2 Å². The number of aromatic nitrogens is 2. The number of hydrogen-bond donors (Lipinski definition) is 2.